The van der Waals surface area contributed by atoms with Gasteiger partial charge in [-0.05, 0) is 50.1 Å². The fourth-order valence-corrected chi connectivity index (χ4v) is 4.91. The Morgan fingerprint density at radius 1 is 1.03 bits per heavy atom. The van der Waals surface area contributed by atoms with Crippen LogP contribution in [-0.4, -0.2) is 59.7 Å². The van der Waals surface area contributed by atoms with Crippen LogP contribution in [0.1, 0.15) is 26.3 Å². The first-order valence-electron chi connectivity index (χ1n) is 10.1. The van der Waals surface area contributed by atoms with Gasteiger partial charge >= 0.3 is 6.09 Å². The van der Waals surface area contributed by atoms with Gasteiger partial charge in [-0.3, -0.25) is 4.79 Å². The zero-order valence-electron chi connectivity index (χ0n) is 18.2. The predicted molar refractivity (Wildman–Crippen MR) is 121 cm³/mol. The van der Waals surface area contributed by atoms with Crippen LogP contribution in [0.5, 0.6) is 0 Å². The summed E-state index contributed by atoms with van der Waals surface area (Å²) in [4.78, 5) is 22.4. The van der Waals surface area contributed by atoms with Crippen molar-refractivity contribution in [2.45, 2.75) is 50.3 Å². The molecule has 0 saturated heterocycles. The zero-order valence-corrected chi connectivity index (χ0v) is 19.0. The fourth-order valence-electron chi connectivity index (χ4n) is 3.26. The molecular weight excluding hydrogens is 434 g/mol. The Morgan fingerprint density at radius 2 is 1.62 bits per heavy atom. The van der Waals surface area contributed by atoms with Gasteiger partial charge in [0, 0.05) is 25.2 Å². The van der Waals surface area contributed by atoms with Crippen molar-refractivity contribution in [2.75, 3.05) is 11.9 Å². The van der Waals surface area contributed by atoms with E-state index in [1.54, 1.807) is 38.1 Å². The Hall–Kier alpha value is -2.95. The summed E-state index contributed by atoms with van der Waals surface area (Å²) in [5, 5.41) is 24.9. The molecule has 0 heterocycles. The molecule has 174 valence electrons. The first-order chi connectivity index (χ1) is 15.0. The van der Waals surface area contributed by atoms with Gasteiger partial charge in [0.15, 0.2) is 0 Å². The molecule has 0 radical (unpaired) electrons. The molecule has 0 bridgehead atoms. The normalized spacial score (nSPS) is 13.6. The number of anilines is 1. The van der Waals surface area contributed by atoms with Gasteiger partial charge in [0.25, 0.3) is 0 Å². The number of aliphatic hydroxyl groups is 1. The van der Waals surface area contributed by atoms with Crippen LogP contribution in [0.15, 0.2) is 59.5 Å². The van der Waals surface area contributed by atoms with E-state index < -0.39 is 34.3 Å². The minimum atomic E-state index is -3.99. The Kier molecular flexibility index (Phi) is 8.76. The van der Waals surface area contributed by atoms with Crippen molar-refractivity contribution in [1.29, 1.82) is 0 Å². The van der Waals surface area contributed by atoms with Gasteiger partial charge in [0.05, 0.1) is 17.0 Å². The van der Waals surface area contributed by atoms with Gasteiger partial charge in [-0.15, -0.1) is 0 Å². The zero-order chi connectivity index (χ0) is 23.9. The average Bonchev–Trinajstić information content (AvgIpc) is 2.71. The second kappa shape index (κ2) is 11.1. The number of carbonyl (C=O) groups is 2. The van der Waals surface area contributed by atoms with E-state index in [0.717, 1.165) is 9.87 Å². The second-order valence-electron chi connectivity index (χ2n) is 7.69. The SMILES string of the molecule is CC(=O)Nc1ccc(S(=O)(=O)N(C[C@@H](O)[C@H](Cc2ccccc2)NC(=O)O)C(C)C)cc1. The summed E-state index contributed by atoms with van der Waals surface area (Å²) < 4.78 is 27.6. The van der Waals surface area contributed by atoms with Crippen LogP contribution >= 0.6 is 0 Å². The Balaban J connectivity index is 2.25. The van der Waals surface area contributed by atoms with Crippen molar-refractivity contribution >= 4 is 27.7 Å². The Bertz CT molecular complexity index is 1010. The third-order valence-electron chi connectivity index (χ3n) is 4.80. The van der Waals surface area contributed by atoms with Crippen LogP contribution in [-0.2, 0) is 21.2 Å². The molecule has 0 saturated carbocycles. The fraction of sp³-hybridized carbons (Fsp3) is 0.364. The van der Waals surface area contributed by atoms with E-state index in [1.165, 1.54) is 31.2 Å². The molecule has 10 heteroatoms. The summed E-state index contributed by atoms with van der Waals surface area (Å²) in [6, 6.07) is 13.3. The lowest BCUT2D eigenvalue weighted by Crippen LogP contribution is -2.51. The summed E-state index contributed by atoms with van der Waals surface area (Å²) >= 11 is 0. The number of hydrogen-bond acceptors (Lipinski definition) is 5. The molecule has 2 rings (SSSR count). The highest BCUT2D eigenvalue weighted by Gasteiger charge is 2.32. The third kappa shape index (κ3) is 7.04. The van der Waals surface area contributed by atoms with Gasteiger partial charge < -0.3 is 20.8 Å². The summed E-state index contributed by atoms with van der Waals surface area (Å²) in [5.41, 5.74) is 1.26. The summed E-state index contributed by atoms with van der Waals surface area (Å²) in [7, 11) is -3.99. The molecule has 2 atom stereocenters. The predicted octanol–water partition coefficient (Wildman–Crippen LogP) is 2.28. The molecule has 0 aliphatic heterocycles. The molecule has 0 aliphatic carbocycles. The van der Waals surface area contributed by atoms with Gasteiger partial charge in [-0.2, -0.15) is 4.31 Å². The van der Waals surface area contributed by atoms with Gasteiger partial charge in [-0.25, -0.2) is 13.2 Å². The van der Waals surface area contributed by atoms with Crippen LogP contribution in [0.2, 0.25) is 0 Å². The molecule has 9 nitrogen and oxygen atoms in total. The first-order valence-corrected chi connectivity index (χ1v) is 11.6. The number of carbonyl (C=O) groups excluding carboxylic acids is 1. The molecule has 0 aliphatic rings. The van der Waals surface area contributed by atoms with E-state index in [9.17, 15) is 28.2 Å². The average molecular weight is 464 g/mol. The molecular formula is C22H29N3O6S. The van der Waals surface area contributed by atoms with E-state index >= 15 is 0 Å². The van der Waals surface area contributed by atoms with Crippen molar-refractivity contribution in [2.24, 2.45) is 0 Å². The van der Waals surface area contributed by atoms with E-state index in [-0.39, 0.29) is 23.8 Å². The van der Waals surface area contributed by atoms with Crippen molar-refractivity contribution in [3.05, 3.63) is 60.2 Å². The highest BCUT2D eigenvalue weighted by Crippen LogP contribution is 2.22. The van der Waals surface area contributed by atoms with Crippen molar-refractivity contribution in [1.82, 2.24) is 9.62 Å². The number of nitrogens with one attached hydrogen (secondary N) is 2. The lowest BCUT2D eigenvalue weighted by molar-refractivity contribution is -0.114. The number of aliphatic hydroxyl groups excluding tert-OH is 1. The molecule has 0 unspecified atom stereocenters. The highest BCUT2D eigenvalue weighted by molar-refractivity contribution is 7.89. The molecule has 0 spiro atoms. The Labute approximate surface area is 188 Å². The quantitative estimate of drug-likeness (QED) is 0.427. The largest absolute Gasteiger partial charge is 0.465 e. The maximum absolute atomic E-state index is 13.2. The number of benzene rings is 2. The second-order valence-corrected chi connectivity index (χ2v) is 9.58. The number of hydrogen-bond donors (Lipinski definition) is 4. The van der Waals surface area contributed by atoms with E-state index in [2.05, 4.69) is 10.6 Å². The van der Waals surface area contributed by atoms with Gasteiger partial charge in [0.1, 0.15) is 0 Å². The first kappa shape index (κ1) is 25.3. The molecule has 4 N–H and O–H groups in total. The van der Waals surface area contributed by atoms with Crippen LogP contribution < -0.4 is 10.6 Å². The van der Waals surface area contributed by atoms with Gasteiger partial charge in [0.2, 0.25) is 15.9 Å². The van der Waals surface area contributed by atoms with Crippen LogP contribution in [0.4, 0.5) is 10.5 Å². The number of sulfonamides is 1. The van der Waals surface area contributed by atoms with Crippen molar-refractivity contribution in [3.8, 4) is 0 Å². The minimum Gasteiger partial charge on any atom is -0.465 e. The molecule has 2 aromatic carbocycles. The molecule has 0 aromatic heterocycles. The lowest BCUT2D eigenvalue weighted by atomic mass is 10.0. The van der Waals surface area contributed by atoms with E-state index in [1.807, 2.05) is 6.07 Å². The number of amides is 2. The summed E-state index contributed by atoms with van der Waals surface area (Å²) in [5.74, 6) is -0.275. The number of nitrogens with zero attached hydrogens (tertiary/aromatic N) is 1. The van der Waals surface area contributed by atoms with E-state index in [0.29, 0.717) is 5.69 Å². The lowest BCUT2D eigenvalue weighted by Gasteiger charge is -2.31. The van der Waals surface area contributed by atoms with Crippen molar-refractivity contribution in [3.63, 3.8) is 0 Å². The molecule has 2 amide bonds. The van der Waals surface area contributed by atoms with E-state index in [4.69, 9.17) is 0 Å². The van der Waals surface area contributed by atoms with Crippen LogP contribution in [0.3, 0.4) is 0 Å². The van der Waals surface area contributed by atoms with Crippen LogP contribution in [0, 0.1) is 0 Å². The maximum Gasteiger partial charge on any atom is 0.404 e. The molecule has 0 fully saturated rings. The minimum absolute atomic E-state index is 0.00157. The highest BCUT2D eigenvalue weighted by atomic mass is 32.2. The molecule has 32 heavy (non-hydrogen) atoms. The smallest absolute Gasteiger partial charge is 0.404 e. The van der Waals surface area contributed by atoms with Crippen LogP contribution in [0.25, 0.3) is 0 Å². The number of rotatable bonds is 10. The third-order valence-corrected chi connectivity index (χ3v) is 6.85. The van der Waals surface area contributed by atoms with Gasteiger partial charge in [-0.1, -0.05) is 30.3 Å². The summed E-state index contributed by atoms with van der Waals surface area (Å²) in [6.07, 6.45) is -2.40. The topological polar surface area (TPSA) is 136 Å². The number of carboxylic acid groups (broad SMARTS) is 1. The van der Waals surface area contributed by atoms with Crippen molar-refractivity contribution < 1.29 is 28.2 Å². The molecule has 2 aromatic rings. The monoisotopic (exact) mass is 463 g/mol. The Morgan fingerprint density at radius 3 is 2.12 bits per heavy atom. The standard InChI is InChI=1S/C22H29N3O6S/c1-15(2)25(32(30,31)19-11-9-18(10-12-19)23-16(3)26)14-21(27)20(24-22(28)29)13-17-7-5-4-6-8-17/h4-12,15,20-21,24,27H,13-14H2,1-3H3,(H,23,26)(H,28,29)/t20-,21+/m0/s1. The maximum atomic E-state index is 13.2. The summed E-state index contributed by atoms with van der Waals surface area (Å²) in [6.45, 7) is 4.40.